The lowest BCUT2D eigenvalue weighted by molar-refractivity contribution is 0.664. The van der Waals surface area contributed by atoms with E-state index < -0.39 is 0 Å². The van der Waals surface area contributed by atoms with Crippen molar-refractivity contribution in [1.82, 2.24) is 15.3 Å². The van der Waals surface area contributed by atoms with E-state index in [-0.39, 0.29) is 0 Å². The number of aromatic nitrogens is 2. The minimum absolute atomic E-state index is 0.881. The van der Waals surface area contributed by atoms with Gasteiger partial charge in [-0.15, -0.1) is 0 Å². The number of hydrogen-bond donors (Lipinski definition) is 1. The minimum atomic E-state index is 0.881. The Morgan fingerprint density at radius 2 is 1.72 bits per heavy atom. The standard InChI is InChI=1S/C14H24N4/c1-4-7-15-10-13-11(2)16-14(17-12(13)3)18-8-5-6-9-18/h15H,4-10H2,1-3H3. The molecule has 4 nitrogen and oxygen atoms in total. The van der Waals surface area contributed by atoms with Crippen LogP contribution < -0.4 is 10.2 Å². The Morgan fingerprint density at radius 3 is 2.28 bits per heavy atom. The third-order valence-corrected chi connectivity index (χ3v) is 3.53. The molecule has 1 N–H and O–H groups in total. The molecule has 0 radical (unpaired) electrons. The molecule has 1 aliphatic heterocycles. The predicted octanol–water partition coefficient (Wildman–Crippen LogP) is 2.19. The van der Waals surface area contributed by atoms with Gasteiger partial charge in [0.05, 0.1) is 0 Å². The lowest BCUT2D eigenvalue weighted by atomic mass is 10.1. The summed E-state index contributed by atoms with van der Waals surface area (Å²) in [5.74, 6) is 0.918. The van der Waals surface area contributed by atoms with Gasteiger partial charge in [-0.1, -0.05) is 6.92 Å². The van der Waals surface area contributed by atoms with Crippen molar-refractivity contribution in [3.63, 3.8) is 0 Å². The molecular formula is C14H24N4. The first-order valence-corrected chi connectivity index (χ1v) is 7.02. The summed E-state index contributed by atoms with van der Waals surface area (Å²) in [5.41, 5.74) is 3.49. The molecule has 1 aliphatic rings. The van der Waals surface area contributed by atoms with Crippen LogP contribution in [-0.4, -0.2) is 29.6 Å². The molecule has 2 rings (SSSR count). The summed E-state index contributed by atoms with van der Waals surface area (Å²) in [6, 6.07) is 0. The van der Waals surface area contributed by atoms with Crippen molar-refractivity contribution in [3.05, 3.63) is 17.0 Å². The highest BCUT2D eigenvalue weighted by molar-refractivity contribution is 5.37. The Morgan fingerprint density at radius 1 is 1.11 bits per heavy atom. The van der Waals surface area contributed by atoms with Crippen molar-refractivity contribution in [3.8, 4) is 0 Å². The molecule has 18 heavy (non-hydrogen) atoms. The van der Waals surface area contributed by atoms with Gasteiger partial charge in [-0.05, 0) is 39.7 Å². The number of aryl methyl sites for hydroxylation is 2. The summed E-state index contributed by atoms with van der Waals surface area (Å²) in [6.45, 7) is 10.5. The van der Waals surface area contributed by atoms with Crippen LogP contribution in [0.1, 0.15) is 43.1 Å². The van der Waals surface area contributed by atoms with E-state index in [9.17, 15) is 0 Å². The van der Waals surface area contributed by atoms with Crippen LogP contribution in [0.2, 0.25) is 0 Å². The van der Waals surface area contributed by atoms with Crippen LogP contribution >= 0.6 is 0 Å². The Balaban J connectivity index is 2.12. The number of nitrogens with zero attached hydrogens (tertiary/aromatic N) is 3. The molecule has 1 aromatic heterocycles. The van der Waals surface area contributed by atoms with Gasteiger partial charge in [-0.3, -0.25) is 0 Å². The van der Waals surface area contributed by atoms with Crippen molar-refractivity contribution in [2.24, 2.45) is 0 Å². The summed E-state index contributed by atoms with van der Waals surface area (Å²) in [4.78, 5) is 11.6. The fraction of sp³-hybridized carbons (Fsp3) is 0.714. The summed E-state index contributed by atoms with van der Waals surface area (Å²) in [5, 5.41) is 3.43. The molecule has 1 saturated heterocycles. The van der Waals surface area contributed by atoms with Gasteiger partial charge >= 0.3 is 0 Å². The second-order valence-corrected chi connectivity index (χ2v) is 5.04. The zero-order chi connectivity index (χ0) is 13.0. The van der Waals surface area contributed by atoms with Gasteiger partial charge in [0, 0.05) is 36.6 Å². The van der Waals surface area contributed by atoms with E-state index >= 15 is 0 Å². The molecule has 0 aromatic carbocycles. The highest BCUT2D eigenvalue weighted by atomic mass is 15.3. The van der Waals surface area contributed by atoms with E-state index in [1.54, 1.807) is 0 Å². The molecular weight excluding hydrogens is 224 g/mol. The van der Waals surface area contributed by atoms with E-state index in [0.29, 0.717) is 0 Å². The topological polar surface area (TPSA) is 41.1 Å². The summed E-state index contributed by atoms with van der Waals surface area (Å²) in [6.07, 6.45) is 3.69. The Bertz CT molecular complexity index is 374. The van der Waals surface area contributed by atoms with Gasteiger partial charge in [-0.25, -0.2) is 9.97 Å². The number of nitrogens with one attached hydrogen (secondary N) is 1. The molecule has 0 saturated carbocycles. The summed E-state index contributed by atoms with van der Waals surface area (Å²) >= 11 is 0. The normalized spacial score (nSPS) is 15.4. The lowest BCUT2D eigenvalue weighted by Crippen LogP contribution is -2.23. The highest BCUT2D eigenvalue weighted by Crippen LogP contribution is 2.19. The maximum absolute atomic E-state index is 4.67. The molecule has 0 bridgehead atoms. The predicted molar refractivity (Wildman–Crippen MR) is 75.0 cm³/mol. The maximum atomic E-state index is 4.67. The largest absolute Gasteiger partial charge is 0.341 e. The Hall–Kier alpha value is -1.16. The zero-order valence-corrected chi connectivity index (χ0v) is 11.8. The first-order chi connectivity index (χ1) is 8.72. The number of rotatable bonds is 5. The molecule has 4 heteroatoms. The van der Waals surface area contributed by atoms with E-state index in [1.807, 2.05) is 0 Å². The van der Waals surface area contributed by atoms with Crippen molar-refractivity contribution >= 4 is 5.95 Å². The second-order valence-electron chi connectivity index (χ2n) is 5.04. The third-order valence-electron chi connectivity index (χ3n) is 3.53. The second kappa shape index (κ2) is 6.14. The van der Waals surface area contributed by atoms with Gasteiger partial charge < -0.3 is 10.2 Å². The zero-order valence-electron chi connectivity index (χ0n) is 11.8. The average Bonchev–Trinajstić information content (AvgIpc) is 2.86. The molecule has 2 heterocycles. The minimum Gasteiger partial charge on any atom is -0.341 e. The van der Waals surface area contributed by atoms with Crippen LogP contribution in [0.4, 0.5) is 5.95 Å². The fourth-order valence-corrected chi connectivity index (χ4v) is 2.43. The van der Waals surface area contributed by atoms with Crippen molar-refractivity contribution in [2.45, 2.75) is 46.6 Å². The number of anilines is 1. The third kappa shape index (κ3) is 2.99. The van der Waals surface area contributed by atoms with Gasteiger partial charge in [0.15, 0.2) is 0 Å². The summed E-state index contributed by atoms with van der Waals surface area (Å²) in [7, 11) is 0. The molecule has 0 amide bonds. The van der Waals surface area contributed by atoms with E-state index in [1.165, 1.54) is 18.4 Å². The molecule has 0 aliphatic carbocycles. The molecule has 0 atom stereocenters. The van der Waals surface area contributed by atoms with Gasteiger partial charge in [0.25, 0.3) is 0 Å². The molecule has 0 unspecified atom stereocenters. The van der Waals surface area contributed by atoms with Crippen molar-refractivity contribution < 1.29 is 0 Å². The molecule has 1 fully saturated rings. The summed E-state index contributed by atoms with van der Waals surface area (Å²) < 4.78 is 0. The van der Waals surface area contributed by atoms with Gasteiger partial charge in [0.1, 0.15) is 0 Å². The monoisotopic (exact) mass is 248 g/mol. The van der Waals surface area contributed by atoms with Crippen LogP contribution in [0.25, 0.3) is 0 Å². The van der Waals surface area contributed by atoms with Crippen LogP contribution in [0.15, 0.2) is 0 Å². The molecule has 100 valence electrons. The smallest absolute Gasteiger partial charge is 0.225 e. The van der Waals surface area contributed by atoms with E-state index in [4.69, 9.17) is 0 Å². The van der Waals surface area contributed by atoms with Gasteiger partial charge in [-0.2, -0.15) is 0 Å². The van der Waals surface area contributed by atoms with Gasteiger partial charge in [0.2, 0.25) is 5.95 Å². The van der Waals surface area contributed by atoms with Crippen LogP contribution in [0, 0.1) is 13.8 Å². The van der Waals surface area contributed by atoms with Crippen molar-refractivity contribution in [1.29, 1.82) is 0 Å². The van der Waals surface area contributed by atoms with Crippen molar-refractivity contribution in [2.75, 3.05) is 24.5 Å². The van der Waals surface area contributed by atoms with E-state index in [2.05, 4.69) is 41.0 Å². The SMILES string of the molecule is CCCNCc1c(C)nc(N2CCCC2)nc1C. The van der Waals surface area contributed by atoms with Crippen LogP contribution in [0.5, 0.6) is 0 Å². The first kappa shape index (κ1) is 13.3. The lowest BCUT2D eigenvalue weighted by Gasteiger charge is -2.18. The van der Waals surface area contributed by atoms with Crippen LogP contribution in [0.3, 0.4) is 0 Å². The maximum Gasteiger partial charge on any atom is 0.225 e. The highest BCUT2D eigenvalue weighted by Gasteiger charge is 2.17. The quantitative estimate of drug-likeness (QED) is 0.811. The fourth-order valence-electron chi connectivity index (χ4n) is 2.43. The van der Waals surface area contributed by atoms with E-state index in [0.717, 1.165) is 49.9 Å². The van der Waals surface area contributed by atoms with Crippen LogP contribution in [-0.2, 0) is 6.54 Å². The molecule has 1 aromatic rings. The average molecular weight is 248 g/mol. The Labute approximate surface area is 110 Å². The first-order valence-electron chi connectivity index (χ1n) is 7.02. The molecule has 0 spiro atoms. The number of hydrogen-bond acceptors (Lipinski definition) is 4. The Kier molecular flexibility index (Phi) is 4.53.